The third-order valence-corrected chi connectivity index (χ3v) is 5.19. The van der Waals surface area contributed by atoms with Gasteiger partial charge >= 0.3 is 0 Å². The molecule has 6 nitrogen and oxygen atoms in total. The highest BCUT2D eigenvalue weighted by atomic mass is 35.5. The molecular weight excluding hydrogens is 446 g/mol. The van der Waals surface area contributed by atoms with Gasteiger partial charge in [0.15, 0.2) is 10.7 Å². The number of aromatic nitrogens is 1. The molecule has 1 amide bonds. The summed E-state index contributed by atoms with van der Waals surface area (Å²) in [7, 11) is 1.48. The van der Waals surface area contributed by atoms with Crippen molar-refractivity contribution < 1.29 is 13.9 Å². The fourth-order valence-corrected chi connectivity index (χ4v) is 3.80. The van der Waals surface area contributed by atoms with Gasteiger partial charge in [-0.3, -0.25) is 10.1 Å². The van der Waals surface area contributed by atoms with Crippen molar-refractivity contribution in [1.82, 2.24) is 10.3 Å². The van der Waals surface area contributed by atoms with Crippen LogP contribution in [-0.4, -0.2) is 23.1 Å². The predicted octanol–water partition coefficient (Wildman–Crippen LogP) is 5.90. The summed E-state index contributed by atoms with van der Waals surface area (Å²) in [5.41, 5.74) is 5.49. The van der Waals surface area contributed by atoms with Crippen molar-refractivity contribution in [3.8, 4) is 17.2 Å². The number of rotatable bonds is 4. The summed E-state index contributed by atoms with van der Waals surface area (Å²) in [4.78, 5) is 17.2. The molecule has 4 rings (SSSR count). The van der Waals surface area contributed by atoms with E-state index in [2.05, 4.69) is 21.7 Å². The van der Waals surface area contributed by atoms with Crippen LogP contribution in [0.1, 0.15) is 21.5 Å². The van der Waals surface area contributed by atoms with Gasteiger partial charge in [-0.15, -0.1) is 0 Å². The Labute approximate surface area is 195 Å². The third kappa shape index (κ3) is 4.74. The zero-order valence-corrected chi connectivity index (χ0v) is 19.2. The fraction of sp³-hybridized carbons (Fsp3) is 0.125. The minimum atomic E-state index is -0.429. The van der Waals surface area contributed by atoms with Crippen molar-refractivity contribution in [2.24, 2.45) is 0 Å². The first-order valence-electron chi connectivity index (χ1n) is 9.77. The van der Waals surface area contributed by atoms with E-state index in [0.717, 1.165) is 16.7 Å². The van der Waals surface area contributed by atoms with Gasteiger partial charge < -0.3 is 14.5 Å². The average molecular weight is 466 g/mol. The lowest BCUT2D eigenvalue weighted by Crippen LogP contribution is -2.34. The maximum Gasteiger partial charge on any atom is 0.261 e. The van der Waals surface area contributed by atoms with Gasteiger partial charge in [0.25, 0.3) is 5.91 Å². The van der Waals surface area contributed by atoms with E-state index in [4.69, 9.17) is 33.0 Å². The number of hydrogen-bond acceptors (Lipinski definition) is 5. The molecule has 4 aromatic rings. The van der Waals surface area contributed by atoms with Gasteiger partial charge in [0.2, 0.25) is 5.89 Å². The highest BCUT2D eigenvalue weighted by Crippen LogP contribution is 2.28. The number of benzene rings is 3. The van der Waals surface area contributed by atoms with Crippen LogP contribution in [0.3, 0.4) is 0 Å². The Balaban J connectivity index is 1.51. The second-order valence-electron chi connectivity index (χ2n) is 7.33. The quantitative estimate of drug-likeness (QED) is 0.365. The number of anilines is 1. The van der Waals surface area contributed by atoms with Crippen LogP contribution >= 0.6 is 23.8 Å². The summed E-state index contributed by atoms with van der Waals surface area (Å²) < 4.78 is 11.1. The second kappa shape index (κ2) is 8.98. The molecule has 0 aliphatic rings. The Bertz CT molecular complexity index is 1330. The lowest BCUT2D eigenvalue weighted by atomic mass is 10.1. The molecular formula is C24H20ClN3O3S. The number of hydrogen-bond donors (Lipinski definition) is 2. The molecule has 0 spiro atoms. The summed E-state index contributed by atoms with van der Waals surface area (Å²) in [6.07, 6.45) is 0. The molecule has 1 heterocycles. The maximum atomic E-state index is 12.6. The van der Waals surface area contributed by atoms with E-state index in [1.807, 2.05) is 32.0 Å². The Kier molecular flexibility index (Phi) is 6.12. The lowest BCUT2D eigenvalue weighted by molar-refractivity contribution is 0.0975. The molecule has 162 valence electrons. The van der Waals surface area contributed by atoms with Gasteiger partial charge in [-0.25, -0.2) is 4.98 Å². The van der Waals surface area contributed by atoms with Gasteiger partial charge in [0.05, 0.1) is 12.7 Å². The number of methoxy groups -OCH3 is 1. The van der Waals surface area contributed by atoms with Crippen molar-refractivity contribution in [1.29, 1.82) is 0 Å². The Hall–Kier alpha value is -3.42. The lowest BCUT2D eigenvalue weighted by Gasteiger charge is -2.12. The Morgan fingerprint density at radius 3 is 2.53 bits per heavy atom. The molecule has 0 aliphatic carbocycles. The van der Waals surface area contributed by atoms with Crippen LogP contribution in [0, 0.1) is 13.8 Å². The third-order valence-electron chi connectivity index (χ3n) is 4.75. The van der Waals surface area contributed by atoms with Crippen molar-refractivity contribution in [2.45, 2.75) is 13.8 Å². The number of nitrogens with one attached hydrogen (secondary N) is 2. The molecule has 0 aliphatic heterocycles. The molecule has 0 atom stereocenters. The normalized spacial score (nSPS) is 10.8. The standard InChI is InChI=1S/C24H20ClN3O3S/c1-13-8-14(2)10-15(9-13)23-27-19-12-17(5-7-21(19)31-23)26-24(32)28-22(29)18-11-16(25)4-6-20(18)30-3/h4-12H,1-3H3,(H2,26,28,29,32). The number of nitrogens with zero attached hydrogens (tertiary/aromatic N) is 1. The molecule has 2 N–H and O–H groups in total. The summed E-state index contributed by atoms with van der Waals surface area (Å²) in [5, 5.41) is 6.19. The number of carbonyl (C=O) groups is 1. The minimum absolute atomic E-state index is 0.134. The summed E-state index contributed by atoms with van der Waals surface area (Å²) in [6, 6.07) is 16.4. The van der Waals surface area contributed by atoms with E-state index in [1.165, 1.54) is 13.2 Å². The van der Waals surface area contributed by atoms with Crippen LogP contribution in [-0.2, 0) is 0 Å². The van der Waals surface area contributed by atoms with Crippen LogP contribution in [0.25, 0.3) is 22.6 Å². The number of halogens is 1. The topological polar surface area (TPSA) is 76.4 Å². The van der Waals surface area contributed by atoms with Gasteiger partial charge in [-0.1, -0.05) is 28.8 Å². The molecule has 1 aromatic heterocycles. The number of aryl methyl sites for hydroxylation is 2. The highest BCUT2D eigenvalue weighted by molar-refractivity contribution is 7.80. The Morgan fingerprint density at radius 2 is 1.81 bits per heavy atom. The number of carbonyl (C=O) groups excluding carboxylic acids is 1. The van der Waals surface area contributed by atoms with Crippen molar-refractivity contribution >= 4 is 51.6 Å². The van der Waals surface area contributed by atoms with Gasteiger partial charge in [-0.05, 0) is 74.6 Å². The smallest absolute Gasteiger partial charge is 0.261 e. The van der Waals surface area contributed by atoms with E-state index in [1.54, 1.807) is 24.3 Å². The fourth-order valence-electron chi connectivity index (χ4n) is 3.42. The molecule has 0 saturated carbocycles. The first-order valence-corrected chi connectivity index (χ1v) is 10.6. The van der Waals surface area contributed by atoms with Gasteiger partial charge in [0, 0.05) is 16.3 Å². The predicted molar refractivity (Wildman–Crippen MR) is 131 cm³/mol. The largest absolute Gasteiger partial charge is 0.496 e. The van der Waals surface area contributed by atoms with Crippen LogP contribution in [0.4, 0.5) is 5.69 Å². The van der Waals surface area contributed by atoms with Crippen LogP contribution in [0.2, 0.25) is 5.02 Å². The van der Waals surface area contributed by atoms with E-state index >= 15 is 0 Å². The molecule has 0 saturated heterocycles. The minimum Gasteiger partial charge on any atom is -0.496 e. The molecule has 0 fully saturated rings. The zero-order valence-electron chi connectivity index (χ0n) is 17.7. The molecule has 0 bridgehead atoms. The summed E-state index contributed by atoms with van der Waals surface area (Å²) >= 11 is 11.3. The van der Waals surface area contributed by atoms with E-state index in [-0.39, 0.29) is 10.7 Å². The van der Waals surface area contributed by atoms with Crippen LogP contribution in [0.5, 0.6) is 5.75 Å². The number of oxazole rings is 1. The van der Waals surface area contributed by atoms with Crippen molar-refractivity contribution in [3.63, 3.8) is 0 Å². The van der Waals surface area contributed by atoms with Crippen LogP contribution < -0.4 is 15.4 Å². The highest BCUT2D eigenvalue weighted by Gasteiger charge is 2.15. The van der Waals surface area contributed by atoms with Crippen molar-refractivity contribution in [2.75, 3.05) is 12.4 Å². The van der Waals surface area contributed by atoms with E-state index in [9.17, 15) is 4.79 Å². The van der Waals surface area contributed by atoms with Gasteiger partial charge in [-0.2, -0.15) is 0 Å². The molecule has 0 unspecified atom stereocenters. The van der Waals surface area contributed by atoms with Crippen molar-refractivity contribution in [3.05, 3.63) is 76.3 Å². The Morgan fingerprint density at radius 1 is 1.06 bits per heavy atom. The van der Waals surface area contributed by atoms with E-state index in [0.29, 0.717) is 33.4 Å². The van der Waals surface area contributed by atoms with E-state index < -0.39 is 5.91 Å². The van der Waals surface area contributed by atoms with Gasteiger partial charge in [0.1, 0.15) is 11.3 Å². The summed E-state index contributed by atoms with van der Waals surface area (Å²) in [6.45, 7) is 4.07. The second-order valence-corrected chi connectivity index (χ2v) is 8.18. The molecule has 3 aromatic carbocycles. The number of fused-ring (bicyclic) bond motifs is 1. The SMILES string of the molecule is COc1ccc(Cl)cc1C(=O)NC(=S)Nc1ccc2oc(-c3cc(C)cc(C)c3)nc2c1. The van der Waals surface area contributed by atoms with Crippen LogP contribution in [0.15, 0.2) is 59.0 Å². The molecule has 0 radical (unpaired) electrons. The monoisotopic (exact) mass is 465 g/mol. The zero-order chi connectivity index (χ0) is 22.8. The number of ether oxygens (including phenoxy) is 1. The molecule has 8 heteroatoms. The number of thiocarbonyl (C=S) groups is 1. The molecule has 32 heavy (non-hydrogen) atoms. The average Bonchev–Trinajstić information content (AvgIpc) is 3.16. The first-order chi connectivity index (χ1) is 15.3. The maximum absolute atomic E-state index is 12.6. The summed E-state index contributed by atoms with van der Waals surface area (Å²) in [5.74, 6) is 0.520. The number of amides is 1. The first kappa shape index (κ1) is 21.8.